The second kappa shape index (κ2) is 10.6. The third kappa shape index (κ3) is 5.24. The number of likely N-dealkylation sites (tertiary alicyclic amines) is 1. The number of ether oxygens (including phenoxy) is 1. The van der Waals surface area contributed by atoms with E-state index in [0.29, 0.717) is 6.04 Å². The van der Waals surface area contributed by atoms with E-state index in [0.717, 1.165) is 64.9 Å². The van der Waals surface area contributed by atoms with Crippen LogP contribution in [0.4, 0.5) is 0 Å². The minimum atomic E-state index is 0. The van der Waals surface area contributed by atoms with Gasteiger partial charge in [0.2, 0.25) is 0 Å². The molecule has 29 heavy (non-hydrogen) atoms. The van der Waals surface area contributed by atoms with Crippen molar-refractivity contribution in [2.45, 2.75) is 32.7 Å². The molecule has 1 aromatic heterocycles. The molecule has 0 amide bonds. The van der Waals surface area contributed by atoms with Gasteiger partial charge in [0.1, 0.15) is 0 Å². The lowest BCUT2D eigenvalue weighted by atomic mass is 10.1. The van der Waals surface area contributed by atoms with Crippen molar-refractivity contribution in [2.24, 2.45) is 4.99 Å². The minimum absolute atomic E-state index is 0. The summed E-state index contributed by atoms with van der Waals surface area (Å²) in [5.74, 6) is 1.06. The zero-order chi connectivity index (χ0) is 19.3. The van der Waals surface area contributed by atoms with Gasteiger partial charge in [-0.25, -0.2) is 0 Å². The molecule has 2 aromatic rings. The number of aliphatic imine (C=N–C) groups is 1. The van der Waals surface area contributed by atoms with Crippen molar-refractivity contribution in [3.05, 3.63) is 35.5 Å². The predicted molar refractivity (Wildman–Crippen MR) is 131 cm³/mol. The van der Waals surface area contributed by atoms with Crippen molar-refractivity contribution in [3.8, 4) is 0 Å². The SMILES string of the molecule is CCNC(=NCCc1c[nH]c2cccc(C)c12)N1CCC(N2CCOCC2)C1.I. The van der Waals surface area contributed by atoms with Crippen LogP contribution in [0.3, 0.4) is 0 Å². The van der Waals surface area contributed by atoms with E-state index in [1.807, 2.05) is 0 Å². The Balaban J connectivity index is 0.00000240. The molecule has 2 aliphatic rings. The van der Waals surface area contributed by atoms with Gasteiger partial charge in [-0.15, -0.1) is 24.0 Å². The Morgan fingerprint density at radius 3 is 2.90 bits per heavy atom. The molecular weight excluding hydrogens is 477 g/mol. The van der Waals surface area contributed by atoms with Crippen LogP contribution >= 0.6 is 24.0 Å². The zero-order valence-electron chi connectivity index (χ0n) is 17.6. The molecule has 4 rings (SSSR count). The molecule has 1 atom stereocenters. The Kier molecular flexibility index (Phi) is 8.20. The fourth-order valence-electron chi connectivity index (χ4n) is 4.53. The molecule has 160 valence electrons. The lowest BCUT2D eigenvalue weighted by Gasteiger charge is -2.32. The Morgan fingerprint density at radius 1 is 1.28 bits per heavy atom. The lowest BCUT2D eigenvalue weighted by Crippen LogP contribution is -2.46. The number of hydrogen-bond acceptors (Lipinski definition) is 3. The molecule has 1 unspecified atom stereocenters. The van der Waals surface area contributed by atoms with Gasteiger partial charge in [-0.2, -0.15) is 0 Å². The van der Waals surface area contributed by atoms with Crippen molar-refractivity contribution in [1.82, 2.24) is 20.1 Å². The van der Waals surface area contributed by atoms with Gasteiger partial charge in [0, 0.05) is 62.4 Å². The number of guanidine groups is 1. The van der Waals surface area contributed by atoms with E-state index in [4.69, 9.17) is 9.73 Å². The smallest absolute Gasteiger partial charge is 0.193 e. The van der Waals surface area contributed by atoms with Gasteiger partial charge < -0.3 is 19.9 Å². The normalized spacial score (nSPS) is 20.8. The zero-order valence-corrected chi connectivity index (χ0v) is 19.9. The second-order valence-electron chi connectivity index (χ2n) is 7.83. The number of fused-ring (bicyclic) bond motifs is 1. The van der Waals surface area contributed by atoms with E-state index >= 15 is 0 Å². The van der Waals surface area contributed by atoms with Crippen molar-refractivity contribution < 1.29 is 4.74 Å². The first-order valence-electron chi connectivity index (χ1n) is 10.7. The number of benzene rings is 1. The first-order chi connectivity index (χ1) is 13.8. The quantitative estimate of drug-likeness (QED) is 0.368. The molecule has 0 spiro atoms. The first kappa shape index (κ1) is 22.4. The van der Waals surface area contributed by atoms with Gasteiger partial charge in [-0.05, 0) is 43.9 Å². The molecule has 3 heterocycles. The fraction of sp³-hybridized carbons (Fsp3) is 0.591. The van der Waals surface area contributed by atoms with Gasteiger partial charge >= 0.3 is 0 Å². The molecule has 7 heteroatoms. The summed E-state index contributed by atoms with van der Waals surface area (Å²) in [5, 5.41) is 4.86. The summed E-state index contributed by atoms with van der Waals surface area (Å²) in [4.78, 5) is 13.4. The van der Waals surface area contributed by atoms with Gasteiger partial charge in [0.25, 0.3) is 0 Å². The van der Waals surface area contributed by atoms with Gasteiger partial charge in [0.15, 0.2) is 5.96 Å². The van der Waals surface area contributed by atoms with Crippen LogP contribution in [0.1, 0.15) is 24.5 Å². The lowest BCUT2D eigenvalue weighted by molar-refractivity contribution is 0.0195. The average molecular weight is 511 g/mol. The molecule has 0 aliphatic carbocycles. The van der Waals surface area contributed by atoms with Crippen LogP contribution in [0.5, 0.6) is 0 Å². The maximum absolute atomic E-state index is 5.51. The molecule has 1 aromatic carbocycles. The van der Waals surface area contributed by atoms with E-state index in [2.05, 4.69) is 58.3 Å². The number of aryl methyl sites for hydroxylation is 1. The molecule has 0 saturated carbocycles. The summed E-state index contributed by atoms with van der Waals surface area (Å²) in [7, 11) is 0. The number of morpholine rings is 1. The van der Waals surface area contributed by atoms with E-state index in [9.17, 15) is 0 Å². The third-order valence-corrected chi connectivity index (χ3v) is 6.00. The van der Waals surface area contributed by atoms with Crippen LogP contribution in [0, 0.1) is 6.92 Å². The maximum Gasteiger partial charge on any atom is 0.193 e. The summed E-state index contributed by atoms with van der Waals surface area (Å²) in [5.41, 5.74) is 3.91. The number of rotatable bonds is 5. The highest BCUT2D eigenvalue weighted by molar-refractivity contribution is 14.0. The van der Waals surface area contributed by atoms with Crippen LogP contribution in [-0.2, 0) is 11.2 Å². The van der Waals surface area contributed by atoms with Crippen molar-refractivity contribution in [3.63, 3.8) is 0 Å². The standard InChI is InChI=1S/C22H33N5O.HI/c1-3-23-22(27-10-8-19(16-27)26-11-13-28-14-12-26)24-9-7-18-15-25-20-6-4-5-17(2)21(18)20;/h4-6,15,19,25H,3,7-14,16H2,1-2H3,(H,23,24);1H. The highest BCUT2D eigenvalue weighted by Gasteiger charge is 2.30. The van der Waals surface area contributed by atoms with Crippen LogP contribution in [-0.4, -0.2) is 79.3 Å². The summed E-state index contributed by atoms with van der Waals surface area (Å²) in [6.07, 6.45) is 4.32. The van der Waals surface area contributed by atoms with Crippen LogP contribution < -0.4 is 5.32 Å². The Bertz CT molecular complexity index is 815. The topological polar surface area (TPSA) is 55.9 Å². The third-order valence-electron chi connectivity index (χ3n) is 6.00. The van der Waals surface area contributed by atoms with Gasteiger partial charge in [-0.1, -0.05) is 12.1 Å². The molecule has 2 aliphatic heterocycles. The summed E-state index contributed by atoms with van der Waals surface area (Å²) in [6.45, 7) is 12.1. The largest absolute Gasteiger partial charge is 0.379 e. The number of nitrogens with zero attached hydrogens (tertiary/aromatic N) is 3. The number of nitrogens with one attached hydrogen (secondary N) is 2. The van der Waals surface area contributed by atoms with Gasteiger partial charge in [-0.3, -0.25) is 9.89 Å². The summed E-state index contributed by atoms with van der Waals surface area (Å²) >= 11 is 0. The number of halogens is 1. The summed E-state index contributed by atoms with van der Waals surface area (Å²) in [6, 6.07) is 7.07. The highest BCUT2D eigenvalue weighted by Crippen LogP contribution is 2.22. The average Bonchev–Trinajstić information content (AvgIpc) is 3.36. The molecule has 0 bridgehead atoms. The molecule has 2 fully saturated rings. The van der Waals surface area contributed by atoms with Gasteiger partial charge in [0.05, 0.1) is 13.2 Å². The molecule has 2 N–H and O–H groups in total. The Morgan fingerprint density at radius 2 is 2.10 bits per heavy atom. The van der Waals surface area contributed by atoms with E-state index < -0.39 is 0 Å². The number of aromatic amines is 1. The second-order valence-corrected chi connectivity index (χ2v) is 7.83. The minimum Gasteiger partial charge on any atom is -0.379 e. The van der Waals surface area contributed by atoms with Crippen LogP contribution in [0.15, 0.2) is 29.4 Å². The molecule has 2 saturated heterocycles. The Hall–Kier alpha value is -1.32. The highest BCUT2D eigenvalue weighted by atomic mass is 127. The van der Waals surface area contributed by atoms with E-state index in [1.54, 1.807) is 0 Å². The summed E-state index contributed by atoms with van der Waals surface area (Å²) < 4.78 is 5.51. The van der Waals surface area contributed by atoms with Crippen LogP contribution in [0.2, 0.25) is 0 Å². The van der Waals surface area contributed by atoms with E-state index in [-0.39, 0.29) is 24.0 Å². The monoisotopic (exact) mass is 511 g/mol. The van der Waals surface area contributed by atoms with Crippen molar-refractivity contribution in [2.75, 3.05) is 52.5 Å². The first-order valence-corrected chi connectivity index (χ1v) is 10.7. The van der Waals surface area contributed by atoms with Crippen molar-refractivity contribution in [1.29, 1.82) is 0 Å². The number of aromatic nitrogens is 1. The predicted octanol–water partition coefficient (Wildman–Crippen LogP) is 3.01. The number of hydrogen-bond donors (Lipinski definition) is 2. The molecule has 0 radical (unpaired) electrons. The van der Waals surface area contributed by atoms with E-state index in [1.165, 1.54) is 28.5 Å². The molecular formula is C22H34IN5O. The maximum atomic E-state index is 5.51. The number of H-pyrrole nitrogens is 1. The van der Waals surface area contributed by atoms with Crippen molar-refractivity contribution >= 4 is 40.8 Å². The fourth-order valence-corrected chi connectivity index (χ4v) is 4.53. The molecule has 6 nitrogen and oxygen atoms in total. The Labute approximate surface area is 191 Å². The van der Waals surface area contributed by atoms with Crippen LogP contribution in [0.25, 0.3) is 10.9 Å².